The second-order valence-electron chi connectivity index (χ2n) is 4.14. The molecule has 0 radical (unpaired) electrons. The minimum atomic E-state index is -0.511. The molecule has 1 aromatic rings. The first-order valence-electron chi connectivity index (χ1n) is 5.55. The van der Waals surface area contributed by atoms with Crippen molar-refractivity contribution in [1.29, 1.82) is 0 Å². The minimum absolute atomic E-state index is 0.323. The molecule has 90 valence electrons. The van der Waals surface area contributed by atoms with Crippen LogP contribution in [-0.4, -0.2) is 17.5 Å². The lowest BCUT2D eigenvalue weighted by Gasteiger charge is -2.09. The lowest BCUT2D eigenvalue weighted by atomic mass is 10.1. The number of rotatable bonds is 3. The Morgan fingerprint density at radius 3 is 2.59 bits per heavy atom. The third kappa shape index (κ3) is 3.03. The highest BCUT2D eigenvalue weighted by Gasteiger charge is 2.20. The summed E-state index contributed by atoms with van der Waals surface area (Å²) in [7, 11) is -0.511. The number of hydrogen-bond acceptors (Lipinski definition) is 3. The van der Waals surface area contributed by atoms with E-state index in [2.05, 4.69) is 28.5 Å². The van der Waals surface area contributed by atoms with Crippen molar-refractivity contribution < 1.29 is 4.74 Å². The molecule has 17 heavy (non-hydrogen) atoms. The fourth-order valence-electron chi connectivity index (χ4n) is 1.49. The highest BCUT2D eigenvalue weighted by Crippen LogP contribution is 2.24. The van der Waals surface area contributed by atoms with Crippen LogP contribution in [-0.2, 0) is 11.3 Å². The van der Waals surface area contributed by atoms with E-state index in [4.69, 9.17) is 4.74 Å². The van der Waals surface area contributed by atoms with Gasteiger partial charge in [-0.1, -0.05) is 44.2 Å². The summed E-state index contributed by atoms with van der Waals surface area (Å²) in [6.45, 7) is 4.70. The SMILES string of the molecule is C=S1N=C(OCc2ccccc2)C(C(C)C)=N1. The summed E-state index contributed by atoms with van der Waals surface area (Å²) in [6, 6.07) is 10.1. The van der Waals surface area contributed by atoms with Crippen molar-refractivity contribution in [3.05, 3.63) is 35.9 Å². The third-order valence-corrected chi connectivity index (χ3v) is 3.16. The topological polar surface area (TPSA) is 34.0 Å². The van der Waals surface area contributed by atoms with Crippen LogP contribution in [0.3, 0.4) is 0 Å². The lowest BCUT2D eigenvalue weighted by Crippen LogP contribution is -2.20. The van der Waals surface area contributed by atoms with Crippen molar-refractivity contribution in [3.63, 3.8) is 0 Å². The molecule has 0 aliphatic carbocycles. The van der Waals surface area contributed by atoms with Crippen LogP contribution in [0.25, 0.3) is 0 Å². The van der Waals surface area contributed by atoms with Crippen LogP contribution in [0.15, 0.2) is 39.1 Å². The van der Waals surface area contributed by atoms with Crippen LogP contribution in [0.1, 0.15) is 19.4 Å². The molecular formula is C13H16N2OS. The van der Waals surface area contributed by atoms with E-state index in [0.717, 1.165) is 11.3 Å². The molecule has 1 atom stereocenters. The summed E-state index contributed by atoms with van der Waals surface area (Å²) < 4.78 is 14.4. The highest BCUT2D eigenvalue weighted by molar-refractivity contribution is 8.12. The van der Waals surface area contributed by atoms with Crippen LogP contribution in [0, 0.1) is 5.92 Å². The second kappa shape index (κ2) is 5.27. The zero-order chi connectivity index (χ0) is 12.3. The van der Waals surface area contributed by atoms with Gasteiger partial charge in [-0.3, -0.25) is 0 Å². The predicted octanol–water partition coefficient (Wildman–Crippen LogP) is 3.24. The Balaban J connectivity index is 2.03. The van der Waals surface area contributed by atoms with Crippen molar-refractivity contribution in [2.45, 2.75) is 20.5 Å². The van der Waals surface area contributed by atoms with Crippen LogP contribution in [0.4, 0.5) is 0 Å². The van der Waals surface area contributed by atoms with Crippen LogP contribution in [0.5, 0.6) is 0 Å². The monoisotopic (exact) mass is 248 g/mol. The molecule has 0 saturated heterocycles. The molecule has 4 heteroatoms. The fourth-order valence-corrected chi connectivity index (χ4v) is 2.39. The molecule has 0 aromatic heterocycles. The van der Waals surface area contributed by atoms with Gasteiger partial charge in [-0.05, 0) is 11.4 Å². The molecule has 1 heterocycles. The Kier molecular flexibility index (Phi) is 3.74. The predicted molar refractivity (Wildman–Crippen MR) is 75.7 cm³/mol. The first-order chi connectivity index (χ1) is 8.16. The highest BCUT2D eigenvalue weighted by atomic mass is 32.2. The van der Waals surface area contributed by atoms with E-state index < -0.39 is 10.9 Å². The molecule has 1 aliphatic heterocycles. The van der Waals surface area contributed by atoms with E-state index >= 15 is 0 Å². The molecule has 1 aliphatic rings. The van der Waals surface area contributed by atoms with Crippen molar-refractivity contribution >= 4 is 28.3 Å². The largest absolute Gasteiger partial charge is 0.471 e. The van der Waals surface area contributed by atoms with Gasteiger partial charge in [-0.2, -0.15) is 4.40 Å². The van der Waals surface area contributed by atoms with Gasteiger partial charge in [-0.15, -0.1) is 0 Å². The van der Waals surface area contributed by atoms with Gasteiger partial charge in [0.25, 0.3) is 0 Å². The minimum Gasteiger partial charge on any atom is -0.471 e. The van der Waals surface area contributed by atoms with Gasteiger partial charge < -0.3 is 4.74 Å². The molecule has 0 spiro atoms. The van der Waals surface area contributed by atoms with Crippen molar-refractivity contribution in [3.8, 4) is 0 Å². The molecule has 0 bridgehead atoms. The second-order valence-corrected chi connectivity index (χ2v) is 5.19. The van der Waals surface area contributed by atoms with Crippen molar-refractivity contribution in [1.82, 2.24) is 0 Å². The normalized spacial score (nSPS) is 19.1. The Hall–Kier alpha value is -1.42. The number of nitrogens with zero attached hydrogens (tertiary/aromatic N) is 2. The van der Waals surface area contributed by atoms with E-state index in [9.17, 15) is 0 Å². The van der Waals surface area contributed by atoms with Gasteiger partial charge in [0.2, 0.25) is 5.90 Å². The maximum Gasteiger partial charge on any atom is 0.245 e. The number of hydrogen-bond donors (Lipinski definition) is 0. The van der Waals surface area contributed by atoms with E-state index in [-0.39, 0.29) is 0 Å². The van der Waals surface area contributed by atoms with Gasteiger partial charge in [0.1, 0.15) is 12.3 Å². The molecular weight excluding hydrogens is 232 g/mol. The number of ether oxygens (including phenoxy) is 1. The Morgan fingerprint density at radius 1 is 1.24 bits per heavy atom. The first-order valence-corrected chi connectivity index (χ1v) is 6.86. The average Bonchev–Trinajstić information content (AvgIpc) is 2.69. The standard InChI is InChI=1S/C13H16N2OS/c1-10(2)12-13(15-17(3)14-12)16-9-11-7-5-4-6-8-11/h4-8,10H,3,9H2,1-2H3. The smallest absolute Gasteiger partial charge is 0.245 e. The first kappa shape index (κ1) is 12.0. The van der Waals surface area contributed by atoms with Gasteiger partial charge in [0.05, 0.1) is 0 Å². The maximum atomic E-state index is 5.72. The quantitative estimate of drug-likeness (QED) is 0.756. The van der Waals surface area contributed by atoms with E-state index in [1.165, 1.54) is 0 Å². The van der Waals surface area contributed by atoms with Crippen molar-refractivity contribution in [2.75, 3.05) is 0 Å². The fraction of sp³-hybridized carbons (Fsp3) is 0.308. The van der Waals surface area contributed by atoms with Gasteiger partial charge in [0.15, 0.2) is 0 Å². The van der Waals surface area contributed by atoms with Crippen LogP contribution < -0.4 is 0 Å². The van der Waals surface area contributed by atoms with E-state index in [1.54, 1.807) is 0 Å². The Labute approximate surface area is 104 Å². The summed E-state index contributed by atoms with van der Waals surface area (Å²) in [5.41, 5.74) is 2.06. The van der Waals surface area contributed by atoms with Crippen LogP contribution >= 0.6 is 10.9 Å². The summed E-state index contributed by atoms with van der Waals surface area (Å²) >= 11 is 0. The summed E-state index contributed by atoms with van der Waals surface area (Å²) in [4.78, 5) is 0. The van der Waals surface area contributed by atoms with Gasteiger partial charge >= 0.3 is 0 Å². The van der Waals surface area contributed by atoms with E-state index in [1.807, 2.05) is 30.3 Å². The molecule has 0 fully saturated rings. The van der Waals surface area contributed by atoms with Gasteiger partial charge in [-0.25, -0.2) is 4.40 Å². The summed E-state index contributed by atoms with van der Waals surface area (Å²) in [6.07, 6.45) is 0. The molecule has 3 nitrogen and oxygen atoms in total. The molecule has 0 saturated carbocycles. The summed E-state index contributed by atoms with van der Waals surface area (Å²) in [5, 5.41) is 0. The van der Waals surface area contributed by atoms with Crippen molar-refractivity contribution in [2.24, 2.45) is 14.7 Å². The summed E-state index contributed by atoms with van der Waals surface area (Å²) in [5.74, 6) is 4.83. The average molecular weight is 248 g/mol. The van der Waals surface area contributed by atoms with E-state index in [0.29, 0.717) is 18.4 Å². The van der Waals surface area contributed by atoms with Gasteiger partial charge in [0, 0.05) is 16.8 Å². The Morgan fingerprint density at radius 2 is 1.94 bits per heavy atom. The number of benzene rings is 1. The lowest BCUT2D eigenvalue weighted by molar-refractivity contribution is 0.299. The third-order valence-electron chi connectivity index (χ3n) is 2.38. The molecule has 0 N–H and O–H groups in total. The molecule has 1 unspecified atom stereocenters. The van der Waals surface area contributed by atoms with Crippen LogP contribution in [0.2, 0.25) is 0 Å². The maximum absolute atomic E-state index is 5.72. The molecule has 2 rings (SSSR count). The zero-order valence-corrected chi connectivity index (χ0v) is 10.9. The Bertz CT molecular complexity index is 477. The molecule has 1 aromatic carbocycles. The molecule has 0 amide bonds. The zero-order valence-electron chi connectivity index (χ0n) is 10.1.